The summed E-state index contributed by atoms with van der Waals surface area (Å²) in [4.78, 5) is 20.2. The fraction of sp³-hybridized carbons (Fsp3) is 0.0938. The molecule has 0 aliphatic carbocycles. The van der Waals surface area contributed by atoms with Gasteiger partial charge in [0, 0.05) is 28.9 Å². The molecular weight excluding hydrogens is 562 g/mol. The third-order valence-electron chi connectivity index (χ3n) is 7.97. The molecule has 0 fully saturated rings. The average molecular weight is 584 g/mol. The van der Waals surface area contributed by atoms with Crippen molar-refractivity contribution in [2.24, 2.45) is 15.0 Å². The van der Waals surface area contributed by atoms with Gasteiger partial charge in [0.05, 0.1) is 18.2 Å². The van der Waals surface area contributed by atoms with E-state index in [1.165, 1.54) is 0 Å². The van der Waals surface area contributed by atoms with E-state index in [1.807, 2.05) is 36.4 Å². The van der Waals surface area contributed by atoms with Crippen LogP contribution < -0.4 is 20.9 Å². The number of nitrogens with one attached hydrogen (secondary N) is 3. The maximum absolute atomic E-state index is 5.17. The van der Waals surface area contributed by atoms with Gasteiger partial charge in [-0.2, -0.15) is 0 Å². The van der Waals surface area contributed by atoms with Gasteiger partial charge in [-0.25, -0.2) is 4.99 Å². The molecule has 3 N–H and O–H groups in total. The molecule has 4 aliphatic heterocycles. The molecule has 1 aromatic heterocycles. The minimum absolute atomic E-state index is 0. The molecule has 0 radical (unpaired) electrons. The predicted octanol–water partition coefficient (Wildman–Crippen LogP) is 5.78. The smallest absolute Gasteiger partial charge is 0.445 e. The Hall–Kier alpha value is -4.59. The van der Waals surface area contributed by atoms with Gasteiger partial charge in [-0.05, 0) is 33.0 Å². The van der Waals surface area contributed by atoms with Crippen LogP contribution >= 0.6 is 0 Å². The zero-order valence-corrected chi connectivity index (χ0v) is 24.9. The zero-order chi connectivity index (χ0) is 26.2. The number of aliphatic imine (C=N–C) groups is 3. The van der Waals surface area contributed by atoms with E-state index in [-0.39, 0.29) is 38.0 Å². The van der Waals surface area contributed by atoms with Gasteiger partial charge in [-0.1, -0.05) is 103 Å². The second kappa shape index (κ2) is 9.23. The fourth-order valence-electron chi connectivity index (χ4n) is 6.10. The zero-order valence-electron chi connectivity index (χ0n) is 21.9. The summed E-state index contributed by atoms with van der Waals surface area (Å²) in [5, 5.41) is 18.0. The number of hydrogen-bond donors (Lipinski definition) is 3. The predicted molar refractivity (Wildman–Crippen MR) is 157 cm³/mol. The molecular formula is C32H22N8Zn. The van der Waals surface area contributed by atoms with Crippen LogP contribution in [0.1, 0.15) is 51.9 Å². The van der Waals surface area contributed by atoms with Crippen molar-refractivity contribution in [1.82, 2.24) is 15.6 Å². The number of amidine groups is 3. The molecule has 192 valence electrons. The number of rotatable bonds is 0. The topological polar surface area (TPSA) is 101 Å². The Labute approximate surface area is 248 Å². The van der Waals surface area contributed by atoms with E-state index in [4.69, 9.17) is 25.3 Å². The van der Waals surface area contributed by atoms with Crippen molar-refractivity contribution < 1.29 is 19.5 Å². The normalized spacial score (nSPS) is 23.7. The molecule has 3 atom stereocenters. The summed E-state index contributed by atoms with van der Waals surface area (Å²) in [6.07, 6.45) is -0.759. The Morgan fingerprint density at radius 3 is 2.17 bits per heavy atom. The van der Waals surface area contributed by atoms with Crippen LogP contribution in [-0.4, -0.2) is 17.5 Å². The monoisotopic (exact) mass is 582 g/mol. The summed E-state index contributed by atoms with van der Waals surface area (Å²) in [5.74, 6) is 3.49. The Balaban J connectivity index is 0.00000256. The Morgan fingerprint density at radius 2 is 1.32 bits per heavy atom. The van der Waals surface area contributed by atoms with Crippen molar-refractivity contribution in [3.8, 4) is 0 Å². The molecule has 4 aromatic carbocycles. The summed E-state index contributed by atoms with van der Waals surface area (Å²) in [7, 11) is 0. The van der Waals surface area contributed by atoms with Gasteiger partial charge in [-0.3, -0.25) is 5.32 Å². The molecule has 9 rings (SSSR count). The molecule has 0 saturated carbocycles. The van der Waals surface area contributed by atoms with Crippen LogP contribution in [0.5, 0.6) is 0 Å². The summed E-state index contributed by atoms with van der Waals surface area (Å²) >= 11 is 0. The van der Waals surface area contributed by atoms with Gasteiger partial charge in [0.25, 0.3) is 0 Å². The van der Waals surface area contributed by atoms with Crippen LogP contribution in [0.2, 0.25) is 0 Å². The van der Waals surface area contributed by atoms with E-state index < -0.39 is 0 Å². The van der Waals surface area contributed by atoms with Crippen LogP contribution in [0, 0.1) is 0 Å². The van der Waals surface area contributed by atoms with Crippen LogP contribution in [0.3, 0.4) is 0 Å². The summed E-state index contributed by atoms with van der Waals surface area (Å²) in [6.45, 7) is 0. The van der Waals surface area contributed by atoms with E-state index in [0.29, 0.717) is 17.5 Å². The standard InChI is InChI=1S/C32H22N8.Zn/c1-2-10-18-17(9-1)25-33-26(18)38-28-21-13-5-6-14-22(21)30(35-28)40-32-24-16-8-7-15-23(24)31(36-32)39-29-20-12-4-3-11-19(20)27(34-29)37-25;/h1-16,25-26,29,33,38H,(H-,34,36,37,39,40);/q-2;+2. The molecule has 0 spiro atoms. The quantitative estimate of drug-likeness (QED) is 0.201. The van der Waals surface area contributed by atoms with Gasteiger partial charge in [-0.15, -0.1) is 0 Å². The van der Waals surface area contributed by atoms with Crippen molar-refractivity contribution in [2.75, 3.05) is 5.32 Å². The van der Waals surface area contributed by atoms with Crippen LogP contribution in [0.25, 0.3) is 16.1 Å². The first-order valence-electron chi connectivity index (χ1n) is 13.4. The first kappa shape index (κ1) is 24.2. The third-order valence-corrected chi connectivity index (χ3v) is 7.97. The van der Waals surface area contributed by atoms with Gasteiger partial charge in [0.2, 0.25) is 0 Å². The molecule has 5 heterocycles. The van der Waals surface area contributed by atoms with Crippen LogP contribution in [-0.2, 0) is 19.5 Å². The first-order valence-corrected chi connectivity index (χ1v) is 13.4. The number of hydrogen-bond acceptors (Lipinski definition) is 6. The van der Waals surface area contributed by atoms with Gasteiger partial charge in [0.1, 0.15) is 5.84 Å². The Bertz CT molecular complexity index is 1950. The molecule has 4 aliphatic rings. The largest absolute Gasteiger partial charge is 2.00 e. The third kappa shape index (κ3) is 3.70. The number of benzene rings is 4. The minimum atomic E-state index is -0.316. The molecule has 0 saturated heterocycles. The minimum Gasteiger partial charge on any atom is -0.445 e. The molecule has 8 nitrogen and oxygen atoms in total. The molecule has 9 heteroatoms. The van der Waals surface area contributed by atoms with Crippen molar-refractivity contribution in [3.05, 3.63) is 136 Å². The SMILES string of the molecule is [Zn+2].c1ccc2c(c1)C1=N/C2=N\c2[n-]c(c3ccccc23)NC2NC(/N=C3\[N-]C(N1)c1ccccc13)c1ccccc12. The molecule has 8 bridgehead atoms. The van der Waals surface area contributed by atoms with Gasteiger partial charge in [0.15, 0.2) is 0 Å². The molecule has 3 unspecified atom stereocenters. The summed E-state index contributed by atoms with van der Waals surface area (Å²) in [5.41, 5.74) is 6.31. The fourth-order valence-corrected chi connectivity index (χ4v) is 6.10. The number of fused-ring (bicyclic) bond motifs is 19. The van der Waals surface area contributed by atoms with Crippen LogP contribution in [0.4, 0.5) is 11.6 Å². The van der Waals surface area contributed by atoms with Gasteiger partial charge < -0.3 is 30.9 Å². The first-order chi connectivity index (χ1) is 19.8. The molecule has 5 aromatic rings. The summed E-state index contributed by atoms with van der Waals surface area (Å²) in [6, 6.07) is 33.0. The number of nitrogens with zero attached hydrogens (tertiary/aromatic N) is 5. The van der Waals surface area contributed by atoms with E-state index in [0.717, 1.165) is 55.8 Å². The van der Waals surface area contributed by atoms with Crippen molar-refractivity contribution in [2.45, 2.75) is 18.5 Å². The molecule has 41 heavy (non-hydrogen) atoms. The van der Waals surface area contributed by atoms with E-state index in [1.54, 1.807) is 0 Å². The van der Waals surface area contributed by atoms with Crippen molar-refractivity contribution in [3.63, 3.8) is 0 Å². The van der Waals surface area contributed by atoms with Crippen molar-refractivity contribution >= 4 is 39.9 Å². The van der Waals surface area contributed by atoms with E-state index >= 15 is 0 Å². The Kier molecular flexibility index (Phi) is 5.45. The second-order valence-electron chi connectivity index (χ2n) is 10.3. The number of anilines is 1. The van der Waals surface area contributed by atoms with Crippen LogP contribution in [0.15, 0.2) is 112 Å². The Morgan fingerprint density at radius 1 is 0.634 bits per heavy atom. The second-order valence-corrected chi connectivity index (χ2v) is 10.3. The maximum Gasteiger partial charge on any atom is 2.00 e. The van der Waals surface area contributed by atoms with Gasteiger partial charge >= 0.3 is 19.5 Å². The average Bonchev–Trinajstić information content (AvgIpc) is 3.73. The van der Waals surface area contributed by atoms with Crippen molar-refractivity contribution in [1.29, 1.82) is 0 Å². The van der Waals surface area contributed by atoms with E-state index in [9.17, 15) is 0 Å². The van der Waals surface area contributed by atoms with E-state index in [2.05, 4.69) is 76.6 Å². The maximum atomic E-state index is 5.17. The summed E-state index contributed by atoms with van der Waals surface area (Å²) < 4.78 is 0. The molecule has 0 amide bonds. The number of aromatic nitrogens is 1.